The molecule has 2 rings (SSSR count). The first-order chi connectivity index (χ1) is 10.1. The fourth-order valence-corrected chi connectivity index (χ4v) is 3.07. The third-order valence-corrected chi connectivity index (χ3v) is 5.35. The van der Waals surface area contributed by atoms with Gasteiger partial charge in [0, 0.05) is 19.8 Å². The van der Waals surface area contributed by atoms with E-state index in [1.165, 1.54) is 17.8 Å². The number of sulfonamides is 1. The van der Waals surface area contributed by atoms with Crippen molar-refractivity contribution >= 4 is 21.7 Å². The Morgan fingerprint density at radius 2 is 2.00 bits per heavy atom. The van der Waals surface area contributed by atoms with Gasteiger partial charge in [0.05, 0.1) is 5.69 Å². The Morgan fingerprint density at radius 3 is 2.41 bits per heavy atom. The maximum absolute atomic E-state index is 12.1. The SMILES string of the molecule is CC(C)C1(CNC(=O)C(=O)c2cc(S(N)(=O)=O)cn2C)CC1. The van der Waals surface area contributed by atoms with E-state index in [9.17, 15) is 18.0 Å². The number of amides is 1. The summed E-state index contributed by atoms with van der Waals surface area (Å²) >= 11 is 0. The lowest BCUT2D eigenvalue weighted by Gasteiger charge is -2.19. The first-order valence-corrected chi connectivity index (χ1v) is 8.63. The highest BCUT2D eigenvalue weighted by molar-refractivity contribution is 7.89. The van der Waals surface area contributed by atoms with Crippen LogP contribution in [0.25, 0.3) is 0 Å². The maximum Gasteiger partial charge on any atom is 0.294 e. The lowest BCUT2D eigenvalue weighted by Crippen LogP contribution is -2.37. The van der Waals surface area contributed by atoms with Gasteiger partial charge in [-0.05, 0) is 30.2 Å². The van der Waals surface area contributed by atoms with Gasteiger partial charge in [0.1, 0.15) is 4.90 Å². The standard InChI is InChI=1S/C14H21N3O4S/c1-9(2)14(4-5-14)8-16-13(19)12(18)11-6-10(7-17(11)3)22(15,20)21/h6-7,9H,4-5,8H2,1-3H3,(H,16,19)(H2,15,20,21). The molecule has 8 heteroatoms. The number of aryl methyl sites for hydroxylation is 1. The fourth-order valence-electron chi connectivity index (χ4n) is 2.49. The molecule has 0 radical (unpaired) electrons. The van der Waals surface area contributed by atoms with Gasteiger partial charge >= 0.3 is 0 Å². The van der Waals surface area contributed by atoms with Crippen LogP contribution in [0.3, 0.4) is 0 Å². The highest BCUT2D eigenvalue weighted by Crippen LogP contribution is 2.51. The number of nitrogens with one attached hydrogen (secondary N) is 1. The molecule has 1 saturated carbocycles. The molecule has 3 N–H and O–H groups in total. The van der Waals surface area contributed by atoms with E-state index in [4.69, 9.17) is 5.14 Å². The summed E-state index contributed by atoms with van der Waals surface area (Å²) in [6.45, 7) is 4.65. The van der Waals surface area contributed by atoms with Gasteiger partial charge in [-0.1, -0.05) is 13.8 Å². The summed E-state index contributed by atoms with van der Waals surface area (Å²) in [7, 11) is -2.41. The number of nitrogens with zero attached hydrogens (tertiary/aromatic N) is 1. The van der Waals surface area contributed by atoms with Crippen LogP contribution in [0.4, 0.5) is 0 Å². The second-order valence-corrected chi connectivity index (χ2v) is 7.81. The summed E-state index contributed by atoms with van der Waals surface area (Å²) in [5.41, 5.74) is 0.0894. The minimum atomic E-state index is -3.91. The van der Waals surface area contributed by atoms with Crippen LogP contribution in [0.5, 0.6) is 0 Å². The molecule has 0 aliphatic heterocycles. The number of rotatable bonds is 6. The molecule has 0 spiro atoms. The lowest BCUT2D eigenvalue weighted by atomic mass is 9.92. The van der Waals surface area contributed by atoms with Crippen LogP contribution in [0.15, 0.2) is 17.2 Å². The van der Waals surface area contributed by atoms with Crippen molar-refractivity contribution in [2.75, 3.05) is 6.54 Å². The predicted octanol–water partition coefficient (Wildman–Crippen LogP) is 0.408. The number of Topliss-reactive ketones (excluding diaryl/α,β-unsaturated/α-hetero) is 1. The predicted molar refractivity (Wildman–Crippen MR) is 80.6 cm³/mol. The Bertz CT molecular complexity index is 714. The van der Waals surface area contributed by atoms with E-state index >= 15 is 0 Å². The molecule has 0 bridgehead atoms. The number of hydrogen-bond acceptors (Lipinski definition) is 4. The van der Waals surface area contributed by atoms with Crippen molar-refractivity contribution in [3.05, 3.63) is 18.0 Å². The van der Waals surface area contributed by atoms with E-state index in [2.05, 4.69) is 19.2 Å². The second kappa shape index (κ2) is 5.51. The molecule has 0 atom stereocenters. The van der Waals surface area contributed by atoms with E-state index in [0.717, 1.165) is 18.9 Å². The summed E-state index contributed by atoms with van der Waals surface area (Å²) in [6.07, 6.45) is 3.30. The van der Waals surface area contributed by atoms with E-state index in [1.807, 2.05) is 0 Å². The molecule has 0 unspecified atom stereocenters. The molecule has 1 aliphatic carbocycles. The average Bonchev–Trinajstić information content (AvgIpc) is 3.10. The number of hydrogen-bond donors (Lipinski definition) is 2. The van der Waals surface area contributed by atoms with Gasteiger partial charge in [-0.25, -0.2) is 13.6 Å². The number of primary sulfonamides is 1. The smallest absolute Gasteiger partial charge is 0.294 e. The van der Waals surface area contributed by atoms with Gasteiger partial charge in [0.15, 0.2) is 0 Å². The Labute approximate surface area is 129 Å². The molecule has 22 heavy (non-hydrogen) atoms. The molecule has 0 saturated heterocycles. The van der Waals surface area contributed by atoms with Gasteiger partial charge in [0.2, 0.25) is 10.0 Å². The van der Waals surface area contributed by atoms with E-state index < -0.39 is 21.7 Å². The van der Waals surface area contributed by atoms with Gasteiger partial charge in [0.25, 0.3) is 11.7 Å². The summed E-state index contributed by atoms with van der Waals surface area (Å²) in [6, 6.07) is 1.12. The molecule has 7 nitrogen and oxygen atoms in total. The van der Waals surface area contributed by atoms with E-state index in [-0.39, 0.29) is 16.0 Å². The number of nitrogens with two attached hydrogens (primary N) is 1. The molecule has 1 aromatic rings. The topological polar surface area (TPSA) is 111 Å². The summed E-state index contributed by atoms with van der Waals surface area (Å²) in [5.74, 6) is -1.06. The van der Waals surface area contributed by atoms with Crippen LogP contribution < -0.4 is 10.5 Å². The molecule has 1 aromatic heterocycles. The first-order valence-electron chi connectivity index (χ1n) is 7.08. The molecule has 0 aromatic carbocycles. The monoisotopic (exact) mass is 327 g/mol. The lowest BCUT2D eigenvalue weighted by molar-refractivity contribution is -0.117. The highest BCUT2D eigenvalue weighted by Gasteiger charge is 2.45. The summed E-state index contributed by atoms with van der Waals surface area (Å²) in [4.78, 5) is 24.0. The molecular formula is C14H21N3O4S. The van der Waals surface area contributed by atoms with Crippen LogP contribution >= 0.6 is 0 Å². The van der Waals surface area contributed by atoms with Crippen molar-refractivity contribution in [2.45, 2.75) is 31.6 Å². The van der Waals surface area contributed by atoms with E-state index in [0.29, 0.717) is 12.5 Å². The van der Waals surface area contributed by atoms with Gasteiger partial charge in [-0.2, -0.15) is 0 Å². The molecule has 1 fully saturated rings. The van der Waals surface area contributed by atoms with Crippen molar-refractivity contribution < 1.29 is 18.0 Å². The van der Waals surface area contributed by atoms with E-state index in [1.54, 1.807) is 0 Å². The van der Waals surface area contributed by atoms with Crippen molar-refractivity contribution in [1.29, 1.82) is 0 Å². The Kier molecular flexibility index (Phi) is 4.18. The van der Waals surface area contributed by atoms with Crippen LogP contribution in [-0.4, -0.2) is 31.2 Å². The Hall–Kier alpha value is -1.67. The minimum Gasteiger partial charge on any atom is -0.349 e. The van der Waals surface area contributed by atoms with Crippen molar-refractivity contribution in [3.8, 4) is 0 Å². The third-order valence-electron chi connectivity index (χ3n) is 4.47. The van der Waals surface area contributed by atoms with Gasteiger partial charge < -0.3 is 9.88 Å². The zero-order chi connectivity index (χ0) is 16.7. The summed E-state index contributed by atoms with van der Waals surface area (Å²) < 4.78 is 23.9. The Morgan fingerprint density at radius 1 is 1.41 bits per heavy atom. The van der Waals surface area contributed by atoms with Crippen LogP contribution in [-0.2, 0) is 21.9 Å². The third kappa shape index (κ3) is 3.22. The molecule has 1 aliphatic rings. The largest absolute Gasteiger partial charge is 0.349 e. The number of carbonyl (C=O) groups is 2. The fraction of sp³-hybridized carbons (Fsp3) is 0.571. The zero-order valence-corrected chi connectivity index (χ0v) is 13.7. The highest BCUT2D eigenvalue weighted by atomic mass is 32.2. The average molecular weight is 327 g/mol. The number of aromatic nitrogens is 1. The number of ketones is 1. The Balaban J connectivity index is 2.08. The quantitative estimate of drug-likeness (QED) is 0.582. The van der Waals surface area contributed by atoms with Crippen molar-refractivity contribution in [2.24, 2.45) is 23.5 Å². The molecule has 1 amide bonds. The van der Waals surface area contributed by atoms with Crippen molar-refractivity contribution in [3.63, 3.8) is 0 Å². The second-order valence-electron chi connectivity index (χ2n) is 6.25. The van der Waals surface area contributed by atoms with Crippen LogP contribution in [0.2, 0.25) is 0 Å². The van der Waals surface area contributed by atoms with Gasteiger partial charge in [-0.15, -0.1) is 0 Å². The molecule has 122 valence electrons. The van der Waals surface area contributed by atoms with Crippen molar-refractivity contribution in [1.82, 2.24) is 9.88 Å². The first kappa shape index (κ1) is 16.7. The van der Waals surface area contributed by atoms with Crippen LogP contribution in [0, 0.1) is 11.3 Å². The molecular weight excluding hydrogens is 306 g/mol. The molecule has 1 heterocycles. The minimum absolute atomic E-state index is 0.00378. The van der Waals surface area contributed by atoms with Gasteiger partial charge in [-0.3, -0.25) is 9.59 Å². The normalized spacial score (nSPS) is 16.6. The number of carbonyl (C=O) groups excluding carboxylic acids is 2. The summed E-state index contributed by atoms with van der Waals surface area (Å²) in [5, 5.41) is 7.68. The van der Waals surface area contributed by atoms with Crippen LogP contribution in [0.1, 0.15) is 37.2 Å². The zero-order valence-electron chi connectivity index (χ0n) is 12.9. The maximum atomic E-state index is 12.1.